The van der Waals surface area contributed by atoms with Crippen molar-refractivity contribution in [3.8, 4) is 5.75 Å². The lowest BCUT2D eigenvalue weighted by Gasteiger charge is -2.28. The van der Waals surface area contributed by atoms with Gasteiger partial charge in [-0.1, -0.05) is 53.7 Å². The third-order valence-corrected chi connectivity index (χ3v) is 4.02. The van der Waals surface area contributed by atoms with Gasteiger partial charge in [0, 0.05) is 6.04 Å². The summed E-state index contributed by atoms with van der Waals surface area (Å²) in [7, 11) is 0. The molecule has 3 heteroatoms. The van der Waals surface area contributed by atoms with Crippen LogP contribution in [0, 0.1) is 11.8 Å². The first kappa shape index (κ1) is 18.5. The molecule has 0 fully saturated rings. The summed E-state index contributed by atoms with van der Waals surface area (Å²) in [6, 6.07) is 8.15. The number of nitrogens with one attached hydrogen (secondary N) is 1. The highest BCUT2D eigenvalue weighted by atomic mass is 16.5. The molecule has 0 saturated carbocycles. The van der Waals surface area contributed by atoms with Crippen LogP contribution >= 0.6 is 0 Å². The van der Waals surface area contributed by atoms with Gasteiger partial charge in [-0.2, -0.15) is 0 Å². The van der Waals surface area contributed by atoms with E-state index in [4.69, 9.17) is 4.74 Å². The second-order valence-corrected chi connectivity index (χ2v) is 6.53. The maximum Gasteiger partial charge on any atom is 0.261 e. The molecule has 0 aliphatic carbocycles. The average molecular weight is 305 g/mol. The molecule has 1 aromatic rings. The fourth-order valence-electron chi connectivity index (χ4n) is 2.65. The Morgan fingerprint density at radius 1 is 1.05 bits per heavy atom. The quantitative estimate of drug-likeness (QED) is 0.781. The summed E-state index contributed by atoms with van der Waals surface area (Å²) < 4.78 is 5.87. The Kier molecular flexibility index (Phi) is 7.43. The number of carbonyl (C=O) groups excluding carboxylic acids is 1. The van der Waals surface area contributed by atoms with Crippen LogP contribution < -0.4 is 10.1 Å². The van der Waals surface area contributed by atoms with Crippen LogP contribution in [0.25, 0.3) is 0 Å². The summed E-state index contributed by atoms with van der Waals surface area (Å²) in [5.74, 6) is 1.55. The van der Waals surface area contributed by atoms with Crippen molar-refractivity contribution in [1.29, 1.82) is 0 Å². The maximum atomic E-state index is 12.5. The number of carbonyl (C=O) groups is 1. The highest BCUT2D eigenvalue weighted by Gasteiger charge is 2.25. The van der Waals surface area contributed by atoms with Crippen molar-refractivity contribution in [3.05, 3.63) is 29.8 Å². The maximum absolute atomic E-state index is 12.5. The third kappa shape index (κ3) is 5.36. The second-order valence-electron chi connectivity index (χ2n) is 6.53. The van der Waals surface area contributed by atoms with E-state index in [-0.39, 0.29) is 11.9 Å². The molecule has 1 rings (SSSR count). The second kappa shape index (κ2) is 8.82. The van der Waals surface area contributed by atoms with Gasteiger partial charge in [0.05, 0.1) is 0 Å². The Balaban J connectivity index is 2.71. The molecule has 1 amide bonds. The Hall–Kier alpha value is -1.51. The smallest absolute Gasteiger partial charge is 0.261 e. The lowest BCUT2D eigenvalue weighted by atomic mass is 9.93. The van der Waals surface area contributed by atoms with Crippen LogP contribution in [-0.4, -0.2) is 18.1 Å². The zero-order valence-electron chi connectivity index (χ0n) is 14.8. The summed E-state index contributed by atoms with van der Waals surface area (Å²) in [5, 5.41) is 3.15. The van der Waals surface area contributed by atoms with Crippen molar-refractivity contribution >= 4 is 5.91 Å². The normalized spacial score (nSPS) is 12.8. The minimum Gasteiger partial charge on any atom is -0.481 e. The minimum atomic E-state index is -0.438. The SMILES string of the molecule is CCc1ccc(O[C@H](CC)C(=O)NC(C(C)C)C(C)C)cc1. The number of benzene rings is 1. The van der Waals surface area contributed by atoms with Gasteiger partial charge in [-0.3, -0.25) is 4.79 Å². The lowest BCUT2D eigenvalue weighted by molar-refractivity contribution is -0.129. The van der Waals surface area contributed by atoms with E-state index in [1.165, 1.54) is 5.56 Å². The minimum absolute atomic E-state index is 0.0190. The van der Waals surface area contributed by atoms with Gasteiger partial charge in [0.15, 0.2) is 6.10 Å². The molecule has 124 valence electrons. The Morgan fingerprint density at radius 3 is 2.00 bits per heavy atom. The highest BCUT2D eigenvalue weighted by molar-refractivity contribution is 5.81. The number of hydrogen-bond donors (Lipinski definition) is 1. The molecular weight excluding hydrogens is 274 g/mol. The van der Waals surface area contributed by atoms with Crippen molar-refractivity contribution in [2.24, 2.45) is 11.8 Å². The van der Waals surface area contributed by atoms with E-state index in [0.29, 0.717) is 18.3 Å². The van der Waals surface area contributed by atoms with Crippen LogP contribution in [0.3, 0.4) is 0 Å². The lowest BCUT2D eigenvalue weighted by Crippen LogP contribution is -2.48. The molecule has 0 spiro atoms. The Morgan fingerprint density at radius 2 is 1.59 bits per heavy atom. The van der Waals surface area contributed by atoms with Crippen LogP contribution in [0.4, 0.5) is 0 Å². The summed E-state index contributed by atoms with van der Waals surface area (Å²) in [5.41, 5.74) is 1.27. The standard InChI is InChI=1S/C19H31NO2/c1-7-15-9-11-16(12-10-15)22-17(8-2)19(21)20-18(13(3)4)14(5)6/h9-14,17-18H,7-8H2,1-6H3,(H,20,21)/t17-/m1/s1. The van der Waals surface area contributed by atoms with Gasteiger partial charge in [0.25, 0.3) is 5.91 Å². The van der Waals surface area contributed by atoms with Crippen LogP contribution in [-0.2, 0) is 11.2 Å². The number of hydrogen-bond acceptors (Lipinski definition) is 2. The predicted molar refractivity (Wildman–Crippen MR) is 92.1 cm³/mol. The Bertz CT molecular complexity index is 443. The molecule has 0 heterocycles. The molecule has 0 aliphatic rings. The molecular formula is C19H31NO2. The van der Waals surface area contributed by atoms with Crippen molar-refractivity contribution < 1.29 is 9.53 Å². The topological polar surface area (TPSA) is 38.3 Å². The summed E-state index contributed by atoms with van der Waals surface area (Å²) >= 11 is 0. The summed E-state index contributed by atoms with van der Waals surface area (Å²) in [6.45, 7) is 12.6. The number of ether oxygens (including phenoxy) is 1. The molecule has 0 unspecified atom stereocenters. The Labute approximate surface area is 135 Å². The fraction of sp³-hybridized carbons (Fsp3) is 0.632. The van der Waals surface area contributed by atoms with Gasteiger partial charge in [0.1, 0.15) is 5.75 Å². The van der Waals surface area contributed by atoms with Gasteiger partial charge >= 0.3 is 0 Å². The first-order valence-electron chi connectivity index (χ1n) is 8.44. The number of aryl methyl sites for hydroxylation is 1. The van der Waals surface area contributed by atoms with Crippen LogP contribution in [0.15, 0.2) is 24.3 Å². The van der Waals surface area contributed by atoms with Crippen molar-refractivity contribution in [3.63, 3.8) is 0 Å². The molecule has 1 atom stereocenters. The largest absolute Gasteiger partial charge is 0.481 e. The van der Waals surface area contributed by atoms with Gasteiger partial charge in [0.2, 0.25) is 0 Å². The summed E-state index contributed by atoms with van der Waals surface area (Å²) in [4.78, 5) is 12.5. The molecule has 1 aromatic carbocycles. The third-order valence-electron chi connectivity index (χ3n) is 4.02. The van der Waals surface area contributed by atoms with Gasteiger partial charge in [-0.05, 0) is 42.4 Å². The van der Waals surface area contributed by atoms with Crippen LogP contribution in [0.5, 0.6) is 5.75 Å². The van der Waals surface area contributed by atoms with E-state index in [0.717, 1.165) is 12.2 Å². The van der Waals surface area contributed by atoms with Gasteiger partial charge in [-0.15, -0.1) is 0 Å². The van der Waals surface area contributed by atoms with E-state index in [9.17, 15) is 4.79 Å². The highest BCUT2D eigenvalue weighted by Crippen LogP contribution is 2.17. The van der Waals surface area contributed by atoms with E-state index >= 15 is 0 Å². The molecule has 3 nitrogen and oxygen atoms in total. The van der Waals surface area contributed by atoms with E-state index in [2.05, 4.69) is 39.9 Å². The molecule has 0 aromatic heterocycles. The first-order valence-corrected chi connectivity index (χ1v) is 8.44. The predicted octanol–water partition coefficient (Wildman–Crippen LogP) is 4.20. The van der Waals surface area contributed by atoms with Crippen molar-refractivity contribution in [1.82, 2.24) is 5.32 Å². The molecule has 0 radical (unpaired) electrons. The van der Waals surface area contributed by atoms with Gasteiger partial charge in [-0.25, -0.2) is 0 Å². The van der Waals surface area contributed by atoms with Crippen molar-refractivity contribution in [2.75, 3.05) is 0 Å². The molecule has 0 bridgehead atoms. The molecule has 1 N–H and O–H groups in total. The van der Waals surface area contributed by atoms with E-state index < -0.39 is 6.10 Å². The summed E-state index contributed by atoms with van der Waals surface area (Å²) in [6.07, 6.45) is 1.22. The number of rotatable bonds is 8. The van der Waals surface area contributed by atoms with E-state index in [1.54, 1.807) is 0 Å². The average Bonchev–Trinajstić information content (AvgIpc) is 2.49. The zero-order chi connectivity index (χ0) is 16.7. The van der Waals surface area contributed by atoms with Crippen molar-refractivity contribution in [2.45, 2.75) is 66.5 Å². The first-order chi connectivity index (χ1) is 10.4. The zero-order valence-corrected chi connectivity index (χ0v) is 14.8. The number of amides is 1. The van der Waals surface area contributed by atoms with Crippen LogP contribution in [0.1, 0.15) is 53.5 Å². The van der Waals surface area contributed by atoms with E-state index in [1.807, 2.05) is 31.2 Å². The van der Waals surface area contributed by atoms with Crippen LogP contribution in [0.2, 0.25) is 0 Å². The monoisotopic (exact) mass is 305 g/mol. The molecule has 0 aliphatic heterocycles. The molecule has 22 heavy (non-hydrogen) atoms. The molecule has 0 saturated heterocycles. The van der Waals surface area contributed by atoms with Gasteiger partial charge < -0.3 is 10.1 Å². The fourth-order valence-corrected chi connectivity index (χ4v) is 2.65.